The van der Waals surface area contributed by atoms with Gasteiger partial charge in [-0.15, -0.1) is 0 Å². The molecule has 2 aromatic heterocycles. The third kappa shape index (κ3) is 3.61. The van der Waals surface area contributed by atoms with Gasteiger partial charge < -0.3 is 23.0 Å². The molecule has 0 N–H and O–H groups in total. The third-order valence-electron chi connectivity index (χ3n) is 4.80. The maximum atomic E-state index is 12.7. The molecular weight excluding hydrogens is 388 g/mol. The van der Waals surface area contributed by atoms with Crippen molar-refractivity contribution in [2.45, 2.75) is 20.5 Å². The van der Waals surface area contributed by atoms with Crippen molar-refractivity contribution in [1.82, 2.24) is 0 Å². The van der Waals surface area contributed by atoms with Crippen molar-refractivity contribution in [1.29, 1.82) is 0 Å². The number of carbonyl (C=O) groups excluding carboxylic acids is 1. The van der Waals surface area contributed by atoms with E-state index in [1.165, 1.54) is 13.2 Å². The van der Waals surface area contributed by atoms with Crippen LogP contribution in [0.4, 0.5) is 0 Å². The average molecular weight is 408 g/mol. The highest BCUT2D eigenvalue weighted by Crippen LogP contribution is 2.30. The lowest BCUT2D eigenvalue weighted by atomic mass is 10.1. The van der Waals surface area contributed by atoms with Gasteiger partial charge >= 0.3 is 11.6 Å². The van der Waals surface area contributed by atoms with Crippen LogP contribution in [0.1, 0.15) is 28.6 Å². The van der Waals surface area contributed by atoms with E-state index in [-0.39, 0.29) is 12.4 Å². The zero-order chi connectivity index (χ0) is 21.3. The Bertz CT molecular complexity index is 1300. The van der Waals surface area contributed by atoms with E-state index in [9.17, 15) is 9.59 Å². The molecule has 2 aromatic carbocycles. The van der Waals surface area contributed by atoms with Crippen LogP contribution in [0.25, 0.3) is 21.9 Å². The molecule has 0 aliphatic heterocycles. The lowest BCUT2D eigenvalue weighted by Crippen LogP contribution is -2.08. The molecule has 2 heterocycles. The van der Waals surface area contributed by atoms with E-state index in [2.05, 4.69) is 0 Å². The summed E-state index contributed by atoms with van der Waals surface area (Å²) in [6.07, 6.45) is 0. The second-order valence-electron chi connectivity index (χ2n) is 6.68. The van der Waals surface area contributed by atoms with Gasteiger partial charge in [-0.2, -0.15) is 0 Å². The summed E-state index contributed by atoms with van der Waals surface area (Å²) in [4.78, 5) is 24.6. The molecule has 0 bridgehead atoms. The molecular formula is C23H20O7. The molecule has 0 saturated heterocycles. The molecule has 7 nitrogen and oxygen atoms in total. The summed E-state index contributed by atoms with van der Waals surface area (Å²) in [6, 6.07) is 11.8. The van der Waals surface area contributed by atoms with Crippen LogP contribution in [-0.4, -0.2) is 19.7 Å². The van der Waals surface area contributed by atoms with E-state index in [1.807, 2.05) is 13.0 Å². The van der Waals surface area contributed by atoms with Crippen molar-refractivity contribution in [2.24, 2.45) is 0 Å². The van der Waals surface area contributed by atoms with Crippen LogP contribution >= 0.6 is 0 Å². The SMILES string of the molecule is CCOc1ccc2oc(C(=O)OCc3cc(=O)oc4cc(OC)ccc34)c(C)c2c1. The smallest absolute Gasteiger partial charge is 0.374 e. The molecule has 0 atom stereocenters. The molecule has 0 unspecified atom stereocenters. The minimum absolute atomic E-state index is 0.103. The quantitative estimate of drug-likeness (QED) is 0.340. The summed E-state index contributed by atoms with van der Waals surface area (Å²) < 4.78 is 27.0. The van der Waals surface area contributed by atoms with Crippen LogP contribution in [-0.2, 0) is 11.3 Å². The summed E-state index contributed by atoms with van der Waals surface area (Å²) >= 11 is 0. The van der Waals surface area contributed by atoms with E-state index in [4.69, 9.17) is 23.0 Å². The number of benzene rings is 2. The predicted molar refractivity (Wildman–Crippen MR) is 110 cm³/mol. The number of hydrogen-bond donors (Lipinski definition) is 0. The van der Waals surface area contributed by atoms with E-state index in [0.717, 1.165) is 5.39 Å². The number of ether oxygens (including phenoxy) is 3. The number of aryl methyl sites for hydroxylation is 1. The average Bonchev–Trinajstić information content (AvgIpc) is 3.07. The van der Waals surface area contributed by atoms with Crippen LogP contribution in [0.15, 0.2) is 56.1 Å². The van der Waals surface area contributed by atoms with Crippen molar-refractivity contribution in [3.05, 3.63) is 69.8 Å². The fourth-order valence-corrected chi connectivity index (χ4v) is 3.32. The molecule has 0 aliphatic carbocycles. The molecule has 0 aliphatic rings. The first-order valence-electron chi connectivity index (χ1n) is 9.44. The van der Waals surface area contributed by atoms with Gasteiger partial charge in [0.15, 0.2) is 0 Å². The van der Waals surface area contributed by atoms with Gasteiger partial charge in [-0.1, -0.05) is 0 Å². The fourth-order valence-electron chi connectivity index (χ4n) is 3.32. The number of furan rings is 1. The molecule has 4 rings (SSSR count). The van der Waals surface area contributed by atoms with Crippen molar-refractivity contribution in [2.75, 3.05) is 13.7 Å². The lowest BCUT2D eigenvalue weighted by Gasteiger charge is -2.07. The first kappa shape index (κ1) is 19.6. The molecule has 0 spiro atoms. The first-order valence-corrected chi connectivity index (χ1v) is 9.44. The van der Waals surface area contributed by atoms with Crippen molar-refractivity contribution in [3.63, 3.8) is 0 Å². The Balaban J connectivity index is 1.61. The van der Waals surface area contributed by atoms with Gasteiger partial charge in [0.05, 0.1) is 13.7 Å². The number of hydrogen-bond acceptors (Lipinski definition) is 7. The number of esters is 1. The van der Waals surface area contributed by atoms with Crippen molar-refractivity contribution in [3.8, 4) is 11.5 Å². The molecule has 0 saturated carbocycles. The zero-order valence-electron chi connectivity index (χ0n) is 16.8. The number of fused-ring (bicyclic) bond motifs is 2. The van der Waals surface area contributed by atoms with Crippen molar-refractivity contribution < 1.29 is 27.8 Å². The second-order valence-corrected chi connectivity index (χ2v) is 6.68. The molecule has 154 valence electrons. The number of carbonyl (C=O) groups is 1. The summed E-state index contributed by atoms with van der Waals surface area (Å²) in [5.74, 6) is 0.764. The van der Waals surface area contributed by atoms with Gasteiger partial charge in [-0.25, -0.2) is 9.59 Å². The standard InChI is InChI=1S/C23H20O7/c1-4-27-16-6-8-19-18(10-16)13(2)22(30-19)23(25)28-12-14-9-21(24)29-20-11-15(26-3)5-7-17(14)20/h5-11H,4,12H2,1-3H3. The van der Waals surface area contributed by atoms with Gasteiger partial charge in [0.25, 0.3) is 0 Å². The van der Waals surface area contributed by atoms with Gasteiger partial charge in [-0.3, -0.25) is 0 Å². The molecule has 0 fully saturated rings. The minimum Gasteiger partial charge on any atom is -0.497 e. The topological polar surface area (TPSA) is 88.1 Å². The first-order chi connectivity index (χ1) is 14.5. The molecule has 7 heteroatoms. The maximum absolute atomic E-state index is 12.7. The predicted octanol–water partition coefficient (Wildman–Crippen LogP) is 4.61. The van der Waals surface area contributed by atoms with Gasteiger partial charge in [-0.05, 0) is 44.2 Å². The molecule has 4 aromatic rings. The highest BCUT2D eigenvalue weighted by molar-refractivity contribution is 5.96. The Morgan fingerprint density at radius 1 is 0.967 bits per heavy atom. The fraction of sp³-hybridized carbons (Fsp3) is 0.217. The Morgan fingerprint density at radius 3 is 2.53 bits per heavy atom. The Kier molecular flexibility index (Phi) is 5.18. The van der Waals surface area contributed by atoms with E-state index in [1.54, 1.807) is 37.3 Å². The van der Waals surface area contributed by atoms with Gasteiger partial charge in [0.1, 0.15) is 29.3 Å². The second kappa shape index (κ2) is 7.94. The Morgan fingerprint density at radius 2 is 1.77 bits per heavy atom. The van der Waals surface area contributed by atoms with E-state index < -0.39 is 11.6 Å². The van der Waals surface area contributed by atoms with Crippen LogP contribution in [0.5, 0.6) is 11.5 Å². The van der Waals surface area contributed by atoms with Gasteiger partial charge in [0, 0.05) is 34.0 Å². The molecule has 0 amide bonds. The monoisotopic (exact) mass is 408 g/mol. The number of rotatable bonds is 6. The zero-order valence-corrected chi connectivity index (χ0v) is 16.8. The summed E-state index contributed by atoms with van der Waals surface area (Å²) in [5, 5.41) is 1.44. The van der Waals surface area contributed by atoms with Crippen LogP contribution in [0.3, 0.4) is 0 Å². The van der Waals surface area contributed by atoms with E-state index in [0.29, 0.717) is 45.8 Å². The highest BCUT2D eigenvalue weighted by atomic mass is 16.5. The third-order valence-corrected chi connectivity index (χ3v) is 4.80. The molecule has 0 radical (unpaired) electrons. The summed E-state index contributed by atoms with van der Waals surface area (Å²) in [6.45, 7) is 4.13. The van der Waals surface area contributed by atoms with Crippen LogP contribution in [0, 0.1) is 6.92 Å². The van der Waals surface area contributed by atoms with Gasteiger partial charge in [0.2, 0.25) is 5.76 Å². The Labute approximate surface area is 171 Å². The summed E-state index contributed by atoms with van der Waals surface area (Å²) in [7, 11) is 1.53. The Hall–Kier alpha value is -3.74. The lowest BCUT2D eigenvalue weighted by molar-refractivity contribution is 0.0438. The van der Waals surface area contributed by atoms with Crippen LogP contribution in [0.2, 0.25) is 0 Å². The number of methoxy groups -OCH3 is 1. The summed E-state index contributed by atoms with van der Waals surface area (Å²) in [5.41, 5.74) is 1.59. The normalized spacial score (nSPS) is 11.0. The minimum atomic E-state index is -0.614. The largest absolute Gasteiger partial charge is 0.497 e. The van der Waals surface area contributed by atoms with E-state index >= 15 is 0 Å². The maximum Gasteiger partial charge on any atom is 0.374 e. The molecule has 30 heavy (non-hydrogen) atoms. The van der Waals surface area contributed by atoms with Crippen LogP contribution < -0.4 is 15.1 Å². The highest BCUT2D eigenvalue weighted by Gasteiger charge is 2.20. The van der Waals surface area contributed by atoms with Crippen molar-refractivity contribution >= 4 is 27.9 Å².